The third-order valence-electron chi connectivity index (χ3n) is 2.84. The average molecular weight is 338 g/mol. The fraction of sp³-hybridized carbons (Fsp3) is 0.133. The van der Waals surface area contributed by atoms with Crippen LogP contribution in [0.4, 0.5) is 10.1 Å². The van der Waals surface area contributed by atoms with E-state index in [0.29, 0.717) is 21.3 Å². The Morgan fingerprint density at radius 1 is 1.30 bits per heavy atom. The lowest BCUT2D eigenvalue weighted by Crippen LogP contribution is -2.08. The molecule has 0 unspecified atom stereocenters. The number of ether oxygens (including phenoxy) is 1. The predicted molar refractivity (Wildman–Crippen MR) is 78.8 cm³/mol. The van der Waals surface area contributed by atoms with Crippen molar-refractivity contribution < 1.29 is 13.9 Å². The number of benzene rings is 2. The third kappa shape index (κ3) is 3.36. The summed E-state index contributed by atoms with van der Waals surface area (Å²) in [5.74, 6) is -0.832. The van der Waals surface area contributed by atoms with Crippen LogP contribution in [0.5, 0.6) is 0 Å². The Kier molecular flexibility index (Phi) is 4.39. The van der Waals surface area contributed by atoms with Crippen molar-refractivity contribution in [3.05, 3.63) is 63.4 Å². The van der Waals surface area contributed by atoms with Gasteiger partial charge in [-0.05, 0) is 48.9 Å². The fourth-order valence-electron chi connectivity index (χ4n) is 1.79. The molecule has 0 bridgehead atoms. The molecule has 0 aliphatic heterocycles. The van der Waals surface area contributed by atoms with Gasteiger partial charge in [-0.2, -0.15) is 0 Å². The summed E-state index contributed by atoms with van der Waals surface area (Å²) >= 11 is 3.29. The number of carbonyl (C=O) groups is 1. The summed E-state index contributed by atoms with van der Waals surface area (Å²) < 4.78 is 19.0. The molecular weight excluding hydrogens is 325 g/mol. The molecule has 104 valence electrons. The van der Waals surface area contributed by atoms with Crippen molar-refractivity contribution in [1.82, 2.24) is 0 Å². The summed E-state index contributed by atoms with van der Waals surface area (Å²) in [7, 11) is 0. The highest BCUT2D eigenvalue weighted by Gasteiger charge is 2.12. The molecule has 0 atom stereocenters. The molecule has 20 heavy (non-hydrogen) atoms. The lowest BCUT2D eigenvalue weighted by molar-refractivity contribution is 0.0470. The number of nitrogens with two attached hydrogens (primary N) is 1. The van der Waals surface area contributed by atoms with Crippen molar-refractivity contribution in [2.75, 3.05) is 5.73 Å². The largest absolute Gasteiger partial charge is 0.457 e. The van der Waals surface area contributed by atoms with Crippen LogP contribution in [0, 0.1) is 12.7 Å². The van der Waals surface area contributed by atoms with Crippen LogP contribution in [-0.4, -0.2) is 5.97 Å². The van der Waals surface area contributed by atoms with Gasteiger partial charge in [-0.1, -0.05) is 15.9 Å². The lowest BCUT2D eigenvalue weighted by atomic mass is 10.1. The molecule has 0 fully saturated rings. The predicted octanol–water partition coefficient (Wildman–Crippen LogP) is 3.84. The molecule has 2 aromatic rings. The van der Waals surface area contributed by atoms with Crippen LogP contribution in [0.3, 0.4) is 0 Å². The Morgan fingerprint density at radius 3 is 2.75 bits per heavy atom. The number of carbonyl (C=O) groups excluding carboxylic acids is 1. The first-order valence-corrected chi connectivity index (χ1v) is 6.74. The molecule has 0 saturated carbocycles. The average Bonchev–Trinajstić information content (AvgIpc) is 2.39. The number of halogens is 2. The number of aryl methyl sites for hydroxylation is 1. The smallest absolute Gasteiger partial charge is 0.338 e. The standard InChI is InChI=1S/C15H13BrFNO2/c1-9-6-12(18)3-4-13(9)15(19)20-8-10-7-11(17)2-5-14(10)16/h2-7H,8,18H2,1H3. The van der Waals surface area contributed by atoms with Crippen LogP contribution in [0.25, 0.3) is 0 Å². The summed E-state index contributed by atoms with van der Waals surface area (Å²) in [5, 5.41) is 0. The monoisotopic (exact) mass is 337 g/mol. The topological polar surface area (TPSA) is 52.3 Å². The van der Waals surface area contributed by atoms with Gasteiger partial charge in [0.15, 0.2) is 0 Å². The molecule has 0 saturated heterocycles. The number of esters is 1. The lowest BCUT2D eigenvalue weighted by Gasteiger charge is -2.09. The van der Waals surface area contributed by atoms with E-state index in [2.05, 4.69) is 15.9 Å². The molecule has 2 N–H and O–H groups in total. The van der Waals surface area contributed by atoms with Crippen molar-refractivity contribution in [2.45, 2.75) is 13.5 Å². The molecule has 2 aromatic carbocycles. The van der Waals surface area contributed by atoms with Gasteiger partial charge in [-0.25, -0.2) is 9.18 Å². The van der Waals surface area contributed by atoms with Crippen molar-refractivity contribution >= 4 is 27.6 Å². The Labute approximate surface area is 124 Å². The number of rotatable bonds is 3. The third-order valence-corrected chi connectivity index (χ3v) is 3.61. The maximum atomic E-state index is 13.1. The zero-order chi connectivity index (χ0) is 14.7. The van der Waals surface area contributed by atoms with Crippen LogP contribution in [0.15, 0.2) is 40.9 Å². The van der Waals surface area contributed by atoms with E-state index >= 15 is 0 Å². The highest BCUT2D eigenvalue weighted by atomic mass is 79.9. The molecule has 5 heteroatoms. The van der Waals surface area contributed by atoms with Gasteiger partial charge in [0.1, 0.15) is 12.4 Å². The van der Waals surface area contributed by atoms with Gasteiger partial charge in [0, 0.05) is 15.7 Å². The second-order valence-electron chi connectivity index (χ2n) is 4.39. The van der Waals surface area contributed by atoms with Gasteiger partial charge in [-0.3, -0.25) is 0 Å². The first-order chi connectivity index (χ1) is 9.47. The summed E-state index contributed by atoms with van der Waals surface area (Å²) in [6.07, 6.45) is 0. The van der Waals surface area contributed by atoms with Crippen LogP contribution in [-0.2, 0) is 11.3 Å². The zero-order valence-electron chi connectivity index (χ0n) is 10.8. The molecule has 0 heterocycles. The van der Waals surface area contributed by atoms with Crippen LogP contribution >= 0.6 is 15.9 Å². The summed E-state index contributed by atoms with van der Waals surface area (Å²) in [4.78, 5) is 12.0. The fourth-order valence-corrected chi connectivity index (χ4v) is 2.15. The van der Waals surface area contributed by atoms with Gasteiger partial charge < -0.3 is 10.5 Å². The Balaban J connectivity index is 2.10. The van der Waals surface area contributed by atoms with Crippen LogP contribution in [0.1, 0.15) is 21.5 Å². The molecule has 2 rings (SSSR count). The highest BCUT2D eigenvalue weighted by molar-refractivity contribution is 9.10. The van der Waals surface area contributed by atoms with E-state index in [1.165, 1.54) is 12.1 Å². The Hall–Kier alpha value is -1.88. The summed E-state index contributed by atoms with van der Waals surface area (Å²) in [6.45, 7) is 1.78. The number of nitrogen functional groups attached to an aromatic ring is 1. The number of hydrogen-bond acceptors (Lipinski definition) is 3. The van der Waals surface area contributed by atoms with Crippen LogP contribution in [0.2, 0.25) is 0 Å². The maximum absolute atomic E-state index is 13.1. The molecule has 0 amide bonds. The molecule has 0 radical (unpaired) electrons. The van der Waals surface area contributed by atoms with E-state index in [9.17, 15) is 9.18 Å². The minimum Gasteiger partial charge on any atom is -0.457 e. The van der Waals surface area contributed by atoms with Gasteiger partial charge in [0.2, 0.25) is 0 Å². The second-order valence-corrected chi connectivity index (χ2v) is 5.24. The molecule has 0 aliphatic carbocycles. The Morgan fingerprint density at radius 2 is 2.05 bits per heavy atom. The minimum atomic E-state index is -0.460. The SMILES string of the molecule is Cc1cc(N)ccc1C(=O)OCc1cc(F)ccc1Br. The molecule has 0 aromatic heterocycles. The van der Waals surface area contributed by atoms with Gasteiger partial charge in [-0.15, -0.1) is 0 Å². The van der Waals surface area contributed by atoms with Crippen LogP contribution < -0.4 is 5.73 Å². The van der Waals surface area contributed by atoms with E-state index in [0.717, 1.165) is 5.56 Å². The van der Waals surface area contributed by atoms with E-state index in [4.69, 9.17) is 10.5 Å². The van der Waals surface area contributed by atoms with E-state index in [1.54, 1.807) is 31.2 Å². The summed E-state index contributed by atoms with van der Waals surface area (Å²) in [6, 6.07) is 9.20. The van der Waals surface area contributed by atoms with Crippen molar-refractivity contribution in [1.29, 1.82) is 0 Å². The van der Waals surface area contributed by atoms with Gasteiger partial charge in [0.05, 0.1) is 5.56 Å². The van der Waals surface area contributed by atoms with Crippen molar-refractivity contribution in [3.8, 4) is 0 Å². The first-order valence-electron chi connectivity index (χ1n) is 5.94. The zero-order valence-corrected chi connectivity index (χ0v) is 12.4. The van der Waals surface area contributed by atoms with E-state index in [-0.39, 0.29) is 12.4 Å². The van der Waals surface area contributed by atoms with Crippen molar-refractivity contribution in [3.63, 3.8) is 0 Å². The van der Waals surface area contributed by atoms with E-state index < -0.39 is 5.97 Å². The van der Waals surface area contributed by atoms with Crippen molar-refractivity contribution in [2.24, 2.45) is 0 Å². The second kappa shape index (κ2) is 6.05. The number of anilines is 1. The first kappa shape index (κ1) is 14.5. The number of hydrogen-bond donors (Lipinski definition) is 1. The minimum absolute atomic E-state index is 0.000985. The summed E-state index contributed by atoms with van der Waals surface area (Å²) in [5.41, 5.74) is 7.99. The molecule has 3 nitrogen and oxygen atoms in total. The normalized spacial score (nSPS) is 10.3. The van der Waals surface area contributed by atoms with E-state index in [1.807, 2.05) is 0 Å². The van der Waals surface area contributed by atoms with Gasteiger partial charge in [0.25, 0.3) is 0 Å². The maximum Gasteiger partial charge on any atom is 0.338 e. The molecular formula is C15H13BrFNO2. The highest BCUT2D eigenvalue weighted by Crippen LogP contribution is 2.20. The quantitative estimate of drug-likeness (QED) is 0.683. The Bertz CT molecular complexity index is 658. The molecule has 0 spiro atoms. The van der Waals surface area contributed by atoms with Gasteiger partial charge >= 0.3 is 5.97 Å². The molecule has 0 aliphatic rings.